The average molecular weight is 281 g/mol. The van der Waals surface area contributed by atoms with E-state index in [0.717, 1.165) is 5.01 Å². The summed E-state index contributed by atoms with van der Waals surface area (Å²) in [4.78, 5) is 21.7. The Morgan fingerprint density at radius 3 is 2.83 bits per heavy atom. The van der Waals surface area contributed by atoms with Crippen LogP contribution in [0.3, 0.4) is 0 Å². The molecule has 0 atom stereocenters. The van der Waals surface area contributed by atoms with E-state index in [4.69, 9.17) is 12.2 Å². The fourth-order valence-corrected chi connectivity index (χ4v) is 2.31. The van der Waals surface area contributed by atoms with Crippen LogP contribution >= 0.6 is 24.0 Å². The summed E-state index contributed by atoms with van der Waals surface area (Å²) in [6.07, 6.45) is 1.27. The van der Waals surface area contributed by atoms with Gasteiger partial charge in [-0.3, -0.25) is 14.9 Å². The van der Waals surface area contributed by atoms with Crippen LogP contribution in [0.15, 0.2) is 29.4 Å². The second-order valence-corrected chi connectivity index (χ2v) is 4.93. The third kappa shape index (κ3) is 2.54. The lowest BCUT2D eigenvalue weighted by molar-refractivity contribution is -0.385. The van der Waals surface area contributed by atoms with Crippen LogP contribution in [-0.2, 0) is 4.79 Å². The van der Waals surface area contributed by atoms with E-state index in [-0.39, 0.29) is 17.3 Å². The fraction of sp³-hybridized carbons (Fsp3) is 0.100. The van der Waals surface area contributed by atoms with Gasteiger partial charge in [0.25, 0.3) is 11.6 Å². The van der Waals surface area contributed by atoms with Crippen molar-refractivity contribution in [2.24, 2.45) is 5.10 Å². The van der Waals surface area contributed by atoms with Gasteiger partial charge in [0.05, 0.1) is 22.5 Å². The lowest BCUT2D eigenvalue weighted by Crippen LogP contribution is -2.22. The summed E-state index contributed by atoms with van der Waals surface area (Å²) < 4.78 is 0.356. The zero-order valence-electron chi connectivity index (χ0n) is 8.98. The first kappa shape index (κ1) is 12.7. The normalized spacial score (nSPS) is 15.7. The highest BCUT2D eigenvalue weighted by Gasteiger charge is 2.26. The van der Waals surface area contributed by atoms with Gasteiger partial charge < -0.3 is 0 Å². The standard InChI is InChI=1S/C10H7N3O3S2/c14-9-6-18-10(17)12(9)11-5-7-3-1-2-4-8(7)13(15)16/h1-5H,6H2/b11-5-. The number of rotatable bonds is 3. The summed E-state index contributed by atoms with van der Waals surface area (Å²) in [5, 5.41) is 15.8. The highest BCUT2D eigenvalue weighted by Crippen LogP contribution is 2.20. The molecule has 1 aromatic rings. The third-order valence-electron chi connectivity index (χ3n) is 2.17. The predicted octanol–water partition coefficient (Wildman–Crippen LogP) is 1.79. The number of hydrazone groups is 1. The summed E-state index contributed by atoms with van der Waals surface area (Å²) in [6, 6.07) is 6.16. The Kier molecular flexibility index (Phi) is 3.68. The first-order valence-electron chi connectivity index (χ1n) is 4.86. The number of hydrogen-bond acceptors (Lipinski definition) is 6. The summed E-state index contributed by atoms with van der Waals surface area (Å²) in [5.41, 5.74) is 0.265. The smallest absolute Gasteiger partial charge is 0.272 e. The Morgan fingerprint density at radius 2 is 2.22 bits per heavy atom. The molecule has 0 unspecified atom stereocenters. The molecule has 1 heterocycles. The van der Waals surface area contributed by atoms with Crippen molar-refractivity contribution in [2.75, 3.05) is 5.75 Å². The van der Waals surface area contributed by atoms with Gasteiger partial charge in [0.1, 0.15) is 0 Å². The third-order valence-corrected chi connectivity index (χ3v) is 3.51. The van der Waals surface area contributed by atoms with Gasteiger partial charge in [0.2, 0.25) is 0 Å². The Morgan fingerprint density at radius 1 is 1.50 bits per heavy atom. The number of hydrogen-bond donors (Lipinski definition) is 0. The molecular formula is C10H7N3O3S2. The second kappa shape index (κ2) is 5.23. The van der Waals surface area contributed by atoms with Gasteiger partial charge in [0.15, 0.2) is 4.32 Å². The lowest BCUT2D eigenvalue weighted by atomic mass is 10.2. The fourth-order valence-electron chi connectivity index (χ4n) is 1.34. The number of carbonyl (C=O) groups is 1. The van der Waals surface area contributed by atoms with Crippen LogP contribution in [0.1, 0.15) is 5.56 Å². The molecule has 2 rings (SSSR count). The van der Waals surface area contributed by atoms with E-state index in [1.165, 1.54) is 24.0 Å². The highest BCUT2D eigenvalue weighted by molar-refractivity contribution is 8.23. The van der Waals surface area contributed by atoms with Crippen LogP contribution in [0.5, 0.6) is 0 Å². The van der Waals surface area contributed by atoms with E-state index in [2.05, 4.69) is 5.10 Å². The number of carbonyl (C=O) groups excluding carboxylic acids is 1. The van der Waals surface area contributed by atoms with E-state index in [0.29, 0.717) is 9.88 Å². The van der Waals surface area contributed by atoms with E-state index in [1.54, 1.807) is 18.2 Å². The zero-order chi connectivity index (χ0) is 13.1. The van der Waals surface area contributed by atoms with Crippen molar-refractivity contribution >= 4 is 46.1 Å². The molecule has 1 aromatic carbocycles. The van der Waals surface area contributed by atoms with Crippen LogP contribution in [0.4, 0.5) is 5.69 Å². The maximum absolute atomic E-state index is 11.4. The van der Waals surface area contributed by atoms with Gasteiger partial charge in [0, 0.05) is 6.07 Å². The van der Waals surface area contributed by atoms with Crippen molar-refractivity contribution in [3.05, 3.63) is 39.9 Å². The minimum Gasteiger partial charge on any atom is -0.272 e. The van der Waals surface area contributed by atoms with Gasteiger partial charge in [-0.2, -0.15) is 10.1 Å². The number of benzene rings is 1. The zero-order valence-corrected chi connectivity index (χ0v) is 10.6. The molecule has 1 aliphatic rings. The van der Waals surface area contributed by atoms with Gasteiger partial charge >= 0.3 is 0 Å². The minimum absolute atomic E-state index is 0.0635. The van der Waals surface area contributed by atoms with Gasteiger partial charge in [-0.05, 0) is 6.07 Å². The Balaban J connectivity index is 2.26. The average Bonchev–Trinajstić information content (AvgIpc) is 2.67. The number of para-hydroxylation sites is 1. The molecule has 1 saturated heterocycles. The lowest BCUT2D eigenvalue weighted by Gasteiger charge is -2.06. The van der Waals surface area contributed by atoms with E-state index in [1.807, 2.05) is 0 Å². The van der Waals surface area contributed by atoms with Crippen LogP contribution in [-0.4, -0.2) is 32.1 Å². The summed E-state index contributed by atoms with van der Waals surface area (Å²) >= 11 is 6.16. The molecule has 0 N–H and O–H groups in total. The topological polar surface area (TPSA) is 75.8 Å². The number of nitrogens with zero attached hydrogens (tertiary/aromatic N) is 3. The molecule has 1 amide bonds. The number of nitro benzene ring substituents is 1. The molecule has 0 aliphatic carbocycles. The molecule has 1 aliphatic heterocycles. The molecule has 0 spiro atoms. The van der Waals surface area contributed by atoms with E-state index in [9.17, 15) is 14.9 Å². The molecule has 0 radical (unpaired) electrons. The maximum Gasteiger partial charge on any atom is 0.278 e. The monoisotopic (exact) mass is 281 g/mol. The SMILES string of the molecule is O=C1CSC(=S)N1/N=C\c1ccccc1[N+](=O)[O-]. The van der Waals surface area contributed by atoms with Crippen LogP contribution in [0.2, 0.25) is 0 Å². The molecular weight excluding hydrogens is 274 g/mol. The number of thioether (sulfide) groups is 1. The van der Waals surface area contributed by atoms with Crippen molar-refractivity contribution in [1.82, 2.24) is 5.01 Å². The van der Waals surface area contributed by atoms with Gasteiger partial charge in [-0.1, -0.05) is 36.1 Å². The first-order valence-corrected chi connectivity index (χ1v) is 6.26. The minimum atomic E-state index is -0.500. The number of amides is 1. The van der Waals surface area contributed by atoms with Gasteiger partial charge in [-0.15, -0.1) is 0 Å². The van der Waals surface area contributed by atoms with Crippen LogP contribution in [0.25, 0.3) is 0 Å². The molecule has 8 heteroatoms. The Labute approximate surface area is 112 Å². The molecule has 0 bridgehead atoms. The maximum atomic E-state index is 11.4. The van der Waals surface area contributed by atoms with Crippen LogP contribution < -0.4 is 0 Å². The summed E-state index contributed by atoms with van der Waals surface area (Å²) in [5.74, 6) is 0.0346. The second-order valence-electron chi connectivity index (χ2n) is 3.32. The van der Waals surface area contributed by atoms with E-state index < -0.39 is 4.92 Å². The molecule has 1 fully saturated rings. The molecule has 0 saturated carbocycles. The molecule has 6 nitrogen and oxygen atoms in total. The molecule has 0 aromatic heterocycles. The van der Waals surface area contributed by atoms with E-state index >= 15 is 0 Å². The number of thiocarbonyl (C=S) groups is 1. The number of nitro groups is 1. The van der Waals surface area contributed by atoms with Crippen molar-refractivity contribution in [3.63, 3.8) is 0 Å². The highest BCUT2D eigenvalue weighted by atomic mass is 32.2. The predicted molar refractivity (Wildman–Crippen MR) is 72.6 cm³/mol. The molecule has 18 heavy (non-hydrogen) atoms. The molecule has 92 valence electrons. The Bertz CT molecular complexity index is 543. The van der Waals surface area contributed by atoms with Crippen molar-refractivity contribution in [2.45, 2.75) is 0 Å². The summed E-state index contributed by atoms with van der Waals surface area (Å²) in [7, 11) is 0. The quantitative estimate of drug-likeness (QED) is 0.365. The first-order chi connectivity index (χ1) is 8.59. The van der Waals surface area contributed by atoms with Crippen molar-refractivity contribution < 1.29 is 9.72 Å². The van der Waals surface area contributed by atoms with Crippen molar-refractivity contribution in [3.8, 4) is 0 Å². The largest absolute Gasteiger partial charge is 0.278 e. The van der Waals surface area contributed by atoms with Crippen molar-refractivity contribution in [1.29, 1.82) is 0 Å². The Hall–Kier alpha value is -1.80. The summed E-state index contributed by atoms with van der Waals surface area (Å²) in [6.45, 7) is 0. The van der Waals surface area contributed by atoms with Crippen LogP contribution in [0, 0.1) is 10.1 Å². The van der Waals surface area contributed by atoms with Gasteiger partial charge in [-0.25, -0.2) is 0 Å².